The van der Waals surface area contributed by atoms with Crippen molar-refractivity contribution in [3.63, 3.8) is 0 Å². The van der Waals surface area contributed by atoms with Crippen molar-refractivity contribution in [2.24, 2.45) is 0 Å². The number of benzene rings is 1. The van der Waals surface area contributed by atoms with E-state index in [1.165, 1.54) is 0 Å². The first-order valence-corrected chi connectivity index (χ1v) is 6.31. The standard InChI is InChI=1S/C13H7F3N4O4/c14-13(15,16)6-1-2-8-9(3-6)18-11(19-10(8)21)20-5-7(4-17-20)24-12(22)23/h1-5H,(H,22,23)(H,18,19,21). The second-order valence-electron chi connectivity index (χ2n) is 4.61. The number of halogens is 3. The molecule has 0 fully saturated rings. The minimum Gasteiger partial charge on any atom is -0.449 e. The lowest BCUT2D eigenvalue weighted by atomic mass is 10.1. The van der Waals surface area contributed by atoms with Gasteiger partial charge in [-0.15, -0.1) is 0 Å². The topological polar surface area (TPSA) is 110 Å². The maximum Gasteiger partial charge on any atom is 0.511 e. The van der Waals surface area contributed by atoms with E-state index in [0.717, 1.165) is 35.3 Å². The highest BCUT2D eigenvalue weighted by molar-refractivity contribution is 5.78. The van der Waals surface area contributed by atoms with Crippen LogP contribution in [0, 0.1) is 0 Å². The Hall–Kier alpha value is -3.37. The van der Waals surface area contributed by atoms with E-state index in [2.05, 4.69) is 19.8 Å². The second kappa shape index (κ2) is 5.37. The largest absolute Gasteiger partial charge is 0.511 e. The SMILES string of the molecule is O=C(O)Oc1cnn(-c2nc3cc(C(F)(F)F)ccc3c(=O)[nH]2)c1. The van der Waals surface area contributed by atoms with Crippen LogP contribution >= 0.6 is 0 Å². The van der Waals surface area contributed by atoms with Gasteiger partial charge in [0, 0.05) is 0 Å². The summed E-state index contributed by atoms with van der Waals surface area (Å²) in [5, 5.41) is 12.2. The number of aromatic nitrogens is 4. The van der Waals surface area contributed by atoms with E-state index < -0.39 is 23.5 Å². The molecule has 0 saturated heterocycles. The summed E-state index contributed by atoms with van der Waals surface area (Å²) >= 11 is 0. The van der Waals surface area contributed by atoms with Crippen LogP contribution < -0.4 is 10.3 Å². The van der Waals surface area contributed by atoms with Gasteiger partial charge in [0.05, 0.1) is 28.9 Å². The predicted molar refractivity (Wildman–Crippen MR) is 73.1 cm³/mol. The summed E-state index contributed by atoms with van der Waals surface area (Å²) in [7, 11) is 0. The van der Waals surface area contributed by atoms with Crippen molar-refractivity contribution in [3.8, 4) is 11.7 Å². The molecule has 2 heterocycles. The first kappa shape index (κ1) is 15.5. The normalized spacial score (nSPS) is 11.6. The van der Waals surface area contributed by atoms with Gasteiger partial charge in [-0.3, -0.25) is 9.78 Å². The van der Waals surface area contributed by atoms with Crippen molar-refractivity contribution in [2.75, 3.05) is 0 Å². The third kappa shape index (κ3) is 2.91. The van der Waals surface area contributed by atoms with Gasteiger partial charge in [-0.2, -0.15) is 18.3 Å². The van der Waals surface area contributed by atoms with Gasteiger partial charge in [0.25, 0.3) is 5.56 Å². The number of nitrogens with one attached hydrogen (secondary N) is 1. The smallest absolute Gasteiger partial charge is 0.449 e. The summed E-state index contributed by atoms with van der Waals surface area (Å²) in [6.45, 7) is 0. The van der Waals surface area contributed by atoms with E-state index in [9.17, 15) is 22.8 Å². The van der Waals surface area contributed by atoms with E-state index in [4.69, 9.17) is 5.11 Å². The highest BCUT2D eigenvalue weighted by atomic mass is 19.4. The first-order valence-electron chi connectivity index (χ1n) is 6.31. The van der Waals surface area contributed by atoms with E-state index in [1.807, 2.05) is 0 Å². The number of aromatic amines is 1. The van der Waals surface area contributed by atoms with Gasteiger partial charge in [-0.1, -0.05) is 0 Å². The van der Waals surface area contributed by atoms with Gasteiger partial charge >= 0.3 is 12.3 Å². The number of rotatable bonds is 2. The van der Waals surface area contributed by atoms with E-state index in [1.54, 1.807) is 0 Å². The molecule has 0 aliphatic carbocycles. The zero-order chi connectivity index (χ0) is 17.5. The second-order valence-corrected chi connectivity index (χ2v) is 4.61. The number of fused-ring (bicyclic) bond motifs is 1. The van der Waals surface area contributed by atoms with Gasteiger partial charge in [-0.25, -0.2) is 14.5 Å². The molecule has 0 spiro atoms. The maximum absolute atomic E-state index is 12.8. The molecular formula is C13H7F3N4O4. The molecule has 0 radical (unpaired) electrons. The summed E-state index contributed by atoms with van der Waals surface area (Å²) < 4.78 is 43.6. The van der Waals surface area contributed by atoms with Crippen molar-refractivity contribution in [1.82, 2.24) is 19.7 Å². The van der Waals surface area contributed by atoms with Gasteiger partial charge in [0.1, 0.15) is 0 Å². The van der Waals surface area contributed by atoms with Crippen LogP contribution in [0.25, 0.3) is 16.9 Å². The van der Waals surface area contributed by atoms with E-state index >= 15 is 0 Å². The Morgan fingerprint density at radius 2 is 2.08 bits per heavy atom. The molecule has 2 N–H and O–H groups in total. The molecule has 24 heavy (non-hydrogen) atoms. The lowest BCUT2D eigenvalue weighted by Gasteiger charge is -2.08. The minimum atomic E-state index is -4.58. The summed E-state index contributed by atoms with van der Waals surface area (Å²) in [4.78, 5) is 28.7. The molecule has 0 unspecified atom stereocenters. The van der Waals surface area contributed by atoms with Crippen molar-refractivity contribution < 1.29 is 27.8 Å². The number of hydrogen-bond acceptors (Lipinski definition) is 5. The van der Waals surface area contributed by atoms with Crippen LogP contribution in [-0.2, 0) is 6.18 Å². The highest BCUT2D eigenvalue weighted by Gasteiger charge is 2.30. The summed E-state index contributed by atoms with van der Waals surface area (Å²) in [5.74, 6) is -0.332. The Morgan fingerprint density at radius 3 is 2.75 bits per heavy atom. The van der Waals surface area contributed by atoms with Crippen LogP contribution in [0.3, 0.4) is 0 Å². The number of hydrogen-bond donors (Lipinski definition) is 2. The van der Waals surface area contributed by atoms with Gasteiger partial charge in [-0.05, 0) is 18.2 Å². The van der Waals surface area contributed by atoms with Gasteiger partial charge in [0.2, 0.25) is 5.95 Å². The number of ether oxygens (including phenoxy) is 1. The summed E-state index contributed by atoms with van der Waals surface area (Å²) in [6.07, 6.45) is -3.99. The zero-order valence-electron chi connectivity index (χ0n) is 11.5. The summed E-state index contributed by atoms with van der Waals surface area (Å²) in [6, 6.07) is 2.55. The van der Waals surface area contributed by atoms with Crippen LogP contribution in [0.4, 0.5) is 18.0 Å². The van der Waals surface area contributed by atoms with Gasteiger partial charge in [0.15, 0.2) is 5.75 Å². The predicted octanol–water partition coefficient (Wildman–Crippen LogP) is 2.18. The maximum atomic E-state index is 12.8. The monoisotopic (exact) mass is 340 g/mol. The van der Waals surface area contributed by atoms with Crippen LogP contribution in [-0.4, -0.2) is 31.0 Å². The van der Waals surface area contributed by atoms with Crippen LogP contribution in [0.15, 0.2) is 35.4 Å². The van der Waals surface area contributed by atoms with Crippen molar-refractivity contribution in [1.29, 1.82) is 0 Å². The molecule has 0 bridgehead atoms. The van der Waals surface area contributed by atoms with Crippen LogP contribution in [0.2, 0.25) is 0 Å². The highest BCUT2D eigenvalue weighted by Crippen LogP contribution is 2.30. The van der Waals surface area contributed by atoms with Crippen molar-refractivity contribution in [3.05, 3.63) is 46.5 Å². The quantitative estimate of drug-likeness (QED) is 0.692. The molecule has 8 nitrogen and oxygen atoms in total. The molecule has 1 aromatic carbocycles. The molecule has 0 saturated carbocycles. The molecular weight excluding hydrogens is 333 g/mol. The molecule has 3 rings (SSSR count). The Morgan fingerprint density at radius 1 is 1.33 bits per heavy atom. The molecule has 3 aromatic rings. The minimum absolute atomic E-state index is 0.0269. The molecule has 0 aliphatic rings. The molecule has 11 heteroatoms. The average Bonchev–Trinajstić information content (AvgIpc) is 2.93. The molecule has 0 amide bonds. The van der Waals surface area contributed by atoms with Crippen LogP contribution in [0.5, 0.6) is 5.75 Å². The number of alkyl halides is 3. The number of carbonyl (C=O) groups is 1. The fourth-order valence-corrected chi connectivity index (χ4v) is 1.99. The first-order chi connectivity index (χ1) is 11.2. The van der Waals surface area contributed by atoms with E-state index in [-0.39, 0.29) is 22.6 Å². The van der Waals surface area contributed by atoms with Gasteiger partial charge < -0.3 is 9.84 Å². The molecule has 0 atom stereocenters. The Labute approximate surface area is 130 Å². The van der Waals surface area contributed by atoms with Crippen molar-refractivity contribution >= 4 is 17.1 Å². The Kier molecular flexibility index (Phi) is 3.47. The molecule has 124 valence electrons. The summed E-state index contributed by atoms with van der Waals surface area (Å²) in [5.41, 5.74) is -1.80. The third-order valence-electron chi connectivity index (χ3n) is 3.00. The number of nitrogens with zero attached hydrogens (tertiary/aromatic N) is 3. The third-order valence-corrected chi connectivity index (χ3v) is 3.00. The Balaban J connectivity index is 2.10. The van der Waals surface area contributed by atoms with E-state index in [0.29, 0.717) is 0 Å². The van der Waals surface area contributed by atoms with Crippen molar-refractivity contribution in [2.45, 2.75) is 6.18 Å². The average molecular weight is 340 g/mol. The van der Waals surface area contributed by atoms with Crippen LogP contribution in [0.1, 0.15) is 5.56 Å². The number of carboxylic acid groups (broad SMARTS) is 1. The zero-order valence-corrected chi connectivity index (χ0v) is 11.5. The fourth-order valence-electron chi connectivity index (χ4n) is 1.99. The fraction of sp³-hybridized carbons (Fsp3) is 0.0769. The molecule has 0 aliphatic heterocycles. The molecule has 2 aromatic heterocycles. The lowest BCUT2D eigenvalue weighted by molar-refractivity contribution is -0.137. The Bertz CT molecular complexity index is 993. The lowest BCUT2D eigenvalue weighted by Crippen LogP contribution is -2.15. The number of H-pyrrole nitrogens is 1.